The maximum Gasteiger partial charge on any atom is 0.233 e. The summed E-state index contributed by atoms with van der Waals surface area (Å²) in [6.45, 7) is 8.61. The fourth-order valence-electron chi connectivity index (χ4n) is 3.18. The van der Waals surface area contributed by atoms with Gasteiger partial charge in [0.1, 0.15) is 5.75 Å². The molecule has 2 aromatic rings. The van der Waals surface area contributed by atoms with E-state index in [2.05, 4.69) is 49.1 Å². The summed E-state index contributed by atoms with van der Waals surface area (Å²) < 4.78 is 5.21. The van der Waals surface area contributed by atoms with Crippen molar-refractivity contribution in [2.45, 2.75) is 25.3 Å². The van der Waals surface area contributed by atoms with Crippen molar-refractivity contribution >= 4 is 17.7 Å². The maximum atomic E-state index is 12.5. The van der Waals surface area contributed by atoms with E-state index < -0.39 is 0 Å². The van der Waals surface area contributed by atoms with Gasteiger partial charge in [-0.1, -0.05) is 18.2 Å². The molecule has 0 spiro atoms. The summed E-state index contributed by atoms with van der Waals surface area (Å²) in [5, 5.41) is 0. The first-order valence-electron chi connectivity index (χ1n) is 9.38. The molecule has 0 aromatic heterocycles. The summed E-state index contributed by atoms with van der Waals surface area (Å²) >= 11 is 1.64. The Morgan fingerprint density at radius 1 is 1.00 bits per heavy atom. The van der Waals surface area contributed by atoms with Crippen LogP contribution in [0.3, 0.4) is 0 Å². The number of hydrogen-bond donors (Lipinski definition) is 0. The molecule has 1 aliphatic rings. The molecule has 2 aromatic carbocycles. The molecule has 1 heterocycles. The van der Waals surface area contributed by atoms with E-state index in [0.717, 1.165) is 38.5 Å². The van der Waals surface area contributed by atoms with Crippen LogP contribution in [0.25, 0.3) is 0 Å². The number of amides is 1. The third kappa shape index (κ3) is 5.50. The fraction of sp³-hybridized carbons (Fsp3) is 0.409. The van der Waals surface area contributed by atoms with Crippen LogP contribution in [-0.2, 0) is 11.3 Å². The molecule has 1 amide bonds. The SMILES string of the molecule is COc1ccc(CN2CCN(C(=O)CSc3ccc(C)c(C)c3)CC2)cc1. The fourth-order valence-corrected chi connectivity index (χ4v) is 4.08. The zero-order chi connectivity index (χ0) is 19.2. The first kappa shape index (κ1) is 19.8. The minimum Gasteiger partial charge on any atom is -0.497 e. The lowest BCUT2D eigenvalue weighted by Gasteiger charge is -2.34. The average Bonchev–Trinajstić information content (AvgIpc) is 2.70. The molecule has 1 fully saturated rings. The molecular weight excluding hydrogens is 356 g/mol. The number of rotatable bonds is 6. The molecule has 1 aliphatic heterocycles. The molecule has 0 N–H and O–H groups in total. The molecule has 0 unspecified atom stereocenters. The Hall–Kier alpha value is -1.98. The molecule has 0 atom stereocenters. The van der Waals surface area contributed by atoms with Gasteiger partial charge in [0, 0.05) is 37.6 Å². The number of hydrogen-bond acceptors (Lipinski definition) is 4. The Labute approximate surface area is 166 Å². The summed E-state index contributed by atoms with van der Waals surface area (Å²) in [6, 6.07) is 14.6. The highest BCUT2D eigenvalue weighted by atomic mass is 32.2. The van der Waals surface area contributed by atoms with Gasteiger partial charge in [0.25, 0.3) is 0 Å². The Balaban J connectivity index is 1.43. The monoisotopic (exact) mass is 384 g/mol. The maximum absolute atomic E-state index is 12.5. The molecule has 1 saturated heterocycles. The van der Waals surface area contributed by atoms with Crippen molar-refractivity contribution in [3.63, 3.8) is 0 Å². The van der Waals surface area contributed by atoms with Crippen LogP contribution in [0.2, 0.25) is 0 Å². The number of carbonyl (C=O) groups excluding carboxylic acids is 1. The normalized spacial score (nSPS) is 15.0. The molecule has 0 radical (unpaired) electrons. The van der Waals surface area contributed by atoms with Crippen molar-refractivity contribution in [1.82, 2.24) is 9.80 Å². The summed E-state index contributed by atoms with van der Waals surface area (Å²) in [7, 11) is 1.68. The minimum atomic E-state index is 0.238. The number of methoxy groups -OCH3 is 1. The van der Waals surface area contributed by atoms with Gasteiger partial charge in [0.05, 0.1) is 12.9 Å². The highest BCUT2D eigenvalue weighted by Crippen LogP contribution is 2.22. The van der Waals surface area contributed by atoms with E-state index in [1.807, 2.05) is 17.0 Å². The number of piperazine rings is 1. The smallest absolute Gasteiger partial charge is 0.233 e. The van der Waals surface area contributed by atoms with Crippen LogP contribution in [0.15, 0.2) is 47.4 Å². The van der Waals surface area contributed by atoms with E-state index in [-0.39, 0.29) is 5.91 Å². The number of thioether (sulfide) groups is 1. The van der Waals surface area contributed by atoms with Gasteiger partial charge in [-0.25, -0.2) is 0 Å². The molecule has 144 valence electrons. The van der Waals surface area contributed by atoms with Crippen LogP contribution in [-0.4, -0.2) is 54.7 Å². The number of benzene rings is 2. The molecule has 5 heteroatoms. The van der Waals surface area contributed by atoms with E-state index in [0.29, 0.717) is 5.75 Å². The van der Waals surface area contributed by atoms with Crippen LogP contribution in [0, 0.1) is 13.8 Å². The van der Waals surface area contributed by atoms with E-state index in [1.165, 1.54) is 21.6 Å². The van der Waals surface area contributed by atoms with Gasteiger partial charge in [-0.15, -0.1) is 11.8 Å². The van der Waals surface area contributed by atoms with Gasteiger partial charge < -0.3 is 9.64 Å². The quantitative estimate of drug-likeness (QED) is 0.710. The largest absolute Gasteiger partial charge is 0.497 e. The second-order valence-electron chi connectivity index (χ2n) is 7.04. The van der Waals surface area contributed by atoms with E-state index in [9.17, 15) is 4.79 Å². The lowest BCUT2D eigenvalue weighted by molar-refractivity contribution is -0.130. The summed E-state index contributed by atoms with van der Waals surface area (Å²) in [5.41, 5.74) is 3.85. The predicted octanol–water partition coefficient (Wildman–Crippen LogP) is 3.75. The molecule has 0 bridgehead atoms. The summed E-state index contributed by atoms with van der Waals surface area (Å²) in [4.78, 5) is 18.1. The molecule has 0 saturated carbocycles. The zero-order valence-corrected chi connectivity index (χ0v) is 17.2. The first-order valence-corrected chi connectivity index (χ1v) is 10.4. The lowest BCUT2D eigenvalue weighted by atomic mass is 10.1. The van der Waals surface area contributed by atoms with Crippen molar-refractivity contribution in [2.24, 2.45) is 0 Å². The summed E-state index contributed by atoms with van der Waals surface area (Å²) in [6.07, 6.45) is 0. The van der Waals surface area contributed by atoms with Crippen molar-refractivity contribution in [1.29, 1.82) is 0 Å². The number of carbonyl (C=O) groups is 1. The van der Waals surface area contributed by atoms with Crippen LogP contribution in [0.1, 0.15) is 16.7 Å². The standard InChI is InChI=1S/C22H28N2O2S/c1-17-4-9-21(14-18(17)2)27-16-22(25)24-12-10-23(11-13-24)15-19-5-7-20(26-3)8-6-19/h4-9,14H,10-13,15-16H2,1-3H3. The van der Waals surface area contributed by atoms with Crippen LogP contribution in [0.4, 0.5) is 0 Å². The van der Waals surface area contributed by atoms with Gasteiger partial charge in [-0.3, -0.25) is 9.69 Å². The van der Waals surface area contributed by atoms with E-state index in [4.69, 9.17) is 4.74 Å². The number of aryl methyl sites for hydroxylation is 2. The van der Waals surface area contributed by atoms with Crippen molar-refractivity contribution in [2.75, 3.05) is 39.0 Å². The van der Waals surface area contributed by atoms with E-state index in [1.54, 1.807) is 18.9 Å². The molecule has 27 heavy (non-hydrogen) atoms. The van der Waals surface area contributed by atoms with Gasteiger partial charge in [0.2, 0.25) is 5.91 Å². The lowest BCUT2D eigenvalue weighted by Crippen LogP contribution is -2.48. The third-order valence-corrected chi connectivity index (χ3v) is 6.11. The van der Waals surface area contributed by atoms with Crippen molar-refractivity contribution in [3.05, 3.63) is 59.2 Å². The van der Waals surface area contributed by atoms with Gasteiger partial charge >= 0.3 is 0 Å². The highest BCUT2D eigenvalue weighted by molar-refractivity contribution is 8.00. The topological polar surface area (TPSA) is 32.8 Å². The van der Waals surface area contributed by atoms with Gasteiger partial charge in [0.15, 0.2) is 0 Å². The molecule has 3 rings (SSSR count). The van der Waals surface area contributed by atoms with Crippen LogP contribution in [0.5, 0.6) is 5.75 Å². The third-order valence-electron chi connectivity index (χ3n) is 5.13. The predicted molar refractivity (Wildman–Crippen MR) is 111 cm³/mol. The molecule has 0 aliphatic carbocycles. The van der Waals surface area contributed by atoms with Gasteiger partial charge in [-0.05, 0) is 54.8 Å². The van der Waals surface area contributed by atoms with Crippen LogP contribution >= 0.6 is 11.8 Å². The second kappa shape index (κ2) is 9.29. The van der Waals surface area contributed by atoms with Crippen molar-refractivity contribution < 1.29 is 9.53 Å². The first-order chi connectivity index (χ1) is 13.0. The highest BCUT2D eigenvalue weighted by Gasteiger charge is 2.21. The Morgan fingerprint density at radius 2 is 1.70 bits per heavy atom. The number of ether oxygens (including phenoxy) is 1. The molecular formula is C22H28N2O2S. The Kier molecular flexibility index (Phi) is 6.80. The van der Waals surface area contributed by atoms with Gasteiger partial charge in [-0.2, -0.15) is 0 Å². The number of nitrogens with zero attached hydrogens (tertiary/aromatic N) is 2. The Morgan fingerprint density at radius 3 is 2.33 bits per heavy atom. The summed E-state index contributed by atoms with van der Waals surface area (Å²) in [5.74, 6) is 1.64. The van der Waals surface area contributed by atoms with E-state index >= 15 is 0 Å². The second-order valence-corrected chi connectivity index (χ2v) is 8.09. The zero-order valence-electron chi connectivity index (χ0n) is 16.4. The Bertz CT molecular complexity index is 768. The average molecular weight is 385 g/mol. The van der Waals surface area contributed by atoms with Crippen LogP contribution < -0.4 is 4.74 Å². The minimum absolute atomic E-state index is 0.238. The molecule has 4 nitrogen and oxygen atoms in total. The van der Waals surface area contributed by atoms with Crippen molar-refractivity contribution in [3.8, 4) is 5.75 Å².